The number of ether oxygens (including phenoxy) is 2. The van der Waals surface area contributed by atoms with Crippen molar-refractivity contribution in [2.45, 2.75) is 0 Å². The Bertz CT molecular complexity index is 893. The first-order chi connectivity index (χ1) is 11.3. The number of aldehydes is 1. The number of hydrogen-bond donors (Lipinski definition) is 1. The molecule has 1 aliphatic rings. The summed E-state index contributed by atoms with van der Waals surface area (Å²) in [5, 5.41) is 0.971. The molecule has 2 aromatic carbocycles. The van der Waals surface area contributed by atoms with E-state index in [1.54, 1.807) is 6.07 Å². The van der Waals surface area contributed by atoms with Gasteiger partial charge in [-0.05, 0) is 24.3 Å². The van der Waals surface area contributed by atoms with Crippen LogP contribution in [0.25, 0.3) is 22.4 Å². The third kappa shape index (κ3) is 2.48. The summed E-state index contributed by atoms with van der Waals surface area (Å²) in [5.74, 6) is 1.44. The molecule has 0 saturated carbocycles. The number of nitrogens with one attached hydrogen (secondary N) is 1. The zero-order valence-corrected chi connectivity index (χ0v) is 12.4. The lowest BCUT2D eigenvalue weighted by atomic mass is 10.1. The van der Waals surface area contributed by atoms with Crippen molar-refractivity contribution in [3.8, 4) is 0 Å². The number of fused-ring (bicyclic) bond motifs is 1. The molecule has 1 aromatic heterocycles. The number of benzene rings is 2. The van der Waals surface area contributed by atoms with Gasteiger partial charge in [0.15, 0.2) is 11.5 Å². The molecule has 114 valence electrons. The van der Waals surface area contributed by atoms with Gasteiger partial charge in [0.1, 0.15) is 19.5 Å². The molecular weight excluding hydrogens is 290 g/mol. The van der Waals surface area contributed by atoms with E-state index in [2.05, 4.69) is 4.98 Å². The molecule has 23 heavy (non-hydrogen) atoms. The molecule has 0 saturated heterocycles. The fourth-order valence-electron chi connectivity index (χ4n) is 2.77. The van der Waals surface area contributed by atoms with Crippen LogP contribution < -0.4 is 0 Å². The summed E-state index contributed by atoms with van der Waals surface area (Å²) < 4.78 is 11.7. The number of rotatable bonds is 3. The molecule has 0 unspecified atom stereocenters. The van der Waals surface area contributed by atoms with Crippen LogP contribution in [0.2, 0.25) is 0 Å². The maximum Gasteiger partial charge on any atom is 0.185 e. The molecule has 0 bridgehead atoms. The van der Waals surface area contributed by atoms with Crippen molar-refractivity contribution < 1.29 is 14.3 Å². The molecular formula is C19H15NO3. The highest BCUT2D eigenvalue weighted by Gasteiger charge is 2.20. The van der Waals surface area contributed by atoms with Gasteiger partial charge in [0.2, 0.25) is 0 Å². The van der Waals surface area contributed by atoms with E-state index in [4.69, 9.17) is 9.47 Å². The normalized spacial score (nSPS) is 14.4. The van der Waals surface area contributed by atoms with Crippen LogP contribution in [0.3, 0.4) is 0 Å². The predicted molar refractivity (Wildman–Crippen MR) is 88.8 cm³/mol. The van der Waals surface area contributed by atoms with E-state index in [1.807, 2.05) is 48.5 Å². The highest BCUT2D eigenvalue weighted by molar-refractivity contribution is 5.92. The quantitative estimate of drug-likeness (QED) is 0.748. The minimum absolute atomic E-state index is 0.515. The fraction of sp³-hybridized carbons (Fsp3) is 0.105. The lowest BCUT2D eigenvalue weighted by Gasteiger charge is -2.21. The average Bonchev–Trinajstić information content (AvgIpc) is 3.05. The lowest BCUT2D eigenvalue weighted by Crippen LogP contribution is -2.12. The largest absolute Gasteiger partial charge is 0.485 e. The zero-order chi connectivity index (χ0) is 15.6. The lowest BCUT2D eigenvalue weighted by molar-refractivity contribution is 0.112. The Labute approximate surface area is 133 Å². The molecule has 0 fully saturated rings. The highest BCUT2D eigenvalue weighted by Crippen LogP contribution is 2.32. The molecule has 4 nitrogen and oxygen atoms in total. The van der Waals surface area contributed by atoms with E-state index in [1.165, 1.54) is 0 Å². The second kappa shape index (κ2) is 5.65. The first-order valence-corrected chi connectivity index (χ1v) is 7.49. The van der Waals surface area contributed by atoms with E-state index in [9.17, 15) is 4.79 Å². The number of hydrogen-bond acceptors (Lipinski definition) is 3. The highest BCUT2D eigenvalue weighted by atomic mass is 16.6. The van der Waals surface area contributed by atoms with Crippen LogP contribution in [0.1, 0.15) is 21.6 Å². The van der Waals surface area contributed by atoms with Gasteiger partial charge in [-0.3, -0.25) is 4.79 Å². The minimum atomic E-state index is 0.515. The SMILES string of the molecule is O=Cc1ccc2[nH]c(C3=C(c4ccccc4)OCCO3)cc2c1. The molecule has 0 atom stereocenters. The maximum atomic E-state index is 10.9. The smallest absolute Gasteiger partial charge is 0.185 e. The number of H-pyrrole nitrogens is 1. The van der Waals surface area contributed by atoms with E-state index in [0.29, 0.717) is 24.5 Å². The third-order valence-electron chi connectivity index (χ3n) is 3.84. The summed E-state index contributed by atoms with van der Waals surface area (Å²) >= 11 is 0. The molecule has 0 spiro atoms. The minimum Gasteiger partial charge on any atom is -0.485 e. The fourth-order valence-corrected chi connectivity index (χ4v) is 2.77. The van der Waals surface area contributed by atoms with E-state index < -0.39 is 0 Å². The van der Waals surface area contributed by atoms with Crippen molar-refractivity contribution in [1.29, 1.82) is 0 Å². The van der Waals surface area contributed by atoms with Gasteiger partial charge in [-0.25, -0.2) is 0 Å². The van der Waals surface area contributed by atoms with Crippen molar-refractivity contribution >= 4 is 28.7 Å². The number of aromatic nitrogens is 1. The molecule has 0 aliphatic carbocycles. The third-order valence-corrected chi connectivity index (χ3v) is 3.84. The van der Waals surface area contributed by atoms with Gasteiger partial charge in [-0.1, -0.05) is 30.3 Å². The van der Waals surface area contributed by atoms with E-state index in [-0.39, 0.29) is 0 Å². The molecule has 4 rings (SSSR count). The molecule has 1 N–H and O–H groups in total. The Morgan fingerprint density at radius 3 is 2.48 bits per heavy atom. The Kier molecular flexibility index (Phi) is 3.35. The Hall–Kier alpha value is -3.01. The van der Waals surface area contributed by atoms with Crippen LogP contribution in [0, 0.1) is 0 Å². The van der Waals surface area contributed by atoms with Gasteiger partial charge in [0.05, 0.1) is 5.69 Å². The van der Waals surface area contributed by atoms with Crippen LogP contribution in [0.15, 0.2) is 54.6 Å². The summed E-state index contributed by atoms with van der Waals surface area (Å²) in [5.41, 5.74) is 3.44. The predicted octanol–water partition coefficient (Wildman–Crippen LogP) is 3.85. The summed E-state index contributed by atoms with van der Waals surface area (Å²) in [7, 11) is 0. The monoisotopic (exact) mass is 305 g/mol. The maximum absolute atomic E-state index is 10.9. The number of carbonyl (C=O) groups is 1. The summed E-state index contributed by atoms with van der Waals surface area (Å²) in [4.78, 5) is 14.3. The zero-order valence-electron chi connectivity index (χ0n) is 12.4. The van der Waals surface area contributed by atoms with Gasteiger partial charge >= 0.3 is 0 Å². The Morgan fingerprint density at radius 1 is 0.913 bits per heavy atom. The summed E-state index contributed by atoms with van der Waals surface area (Å²) in [6, 6.07) is 17.4. The summed E-state index contributed by atoms with van der Waals surface area (Å²) in [6.07, 6.45) is 0.848. The van der Waals surface area contributed by atoms with Crippen LogP contribution in [-0.2, 0) is 9.47 Å². The molecule has 4 heteroatoms. The van der Waals surface area contributed by atoms with Gasteiger partial charge in [0.25, 0.3) is 0 Å². The van der Waals surface area contributed by atoms with Crippen LogP contribution >= 0.6 is 0 Å². The Balaban J connectivity index is 1.86. The van der Waals surface area contributed by atoms with Crippen molar-refractivity contribution in [3.63, 3.8) is 0 Å². The molecule has 2 heterocycles. The number of carbonyl (C=O) groups excluding carboxylic acids is 1. The van der Waals surface area contributed by atoms with Crippen LogP contribution in [-0.4, -0.2) is 24.5 Å². The molecule has 3 aromatic rings. The first-order valence-electron chi connectivity index (χ1n) is 7.49. The van der Waals surface area contributed by atoms with Crippen molar-refractivity contribution in [2.75, 3.05) is 13.2 Å². The standard InChI is InChI=1S/C19H15NO3/c21-12-13-6-7-16-15(10-13)11-17(20-16)19-18(22-8-9-23-19)14-4-2-1-3-5-14/h1-7,10-12,20H,8-9H2. The van der Waals surface area contributed by atoms with Crippen molar-refractivity contribution in [3.05, 3.63) is 71.4 Å². The average molecular weight is 305 g/mol. The van der Waals surface area contributed by atoms with Gasteiger partial charge < -0.3 is 14.5 Å². The van der Waals surface area contributed by atoms with Crippen molar-refractivity contribution in [1.82, 2.24) is 4.98 Å². The summed E-state index contributed by atoms with van der Waals surface area (Å²) in [6.45, 7) is 1.05. The second-order valence-corrected chi connectivity index (χ2v) is 5.37. The van der Waals surface area contributed by atoms with Crippen molar-refractivity contribution in [2.24, 2.45) is 0 Å². The van der Waals surface area contributed by atoms with Gasteiger partial charge in [-0.15, -0.1) is 0 Å². The first kappa shape index (κ1) is 13.6. The molecule has 1 aliphatic heterocycles. The van der Waals surface area contributed by atoms with Gasteiger partial charge in [-0.2, -0.15) is 0 Å². The molecule has 0 amide bonds. The van der Waals surface area contributed by atoms with Gasteiger partial charge in [0, 0.05) is 22.0 Å². The van der Waals surface area contributed by atoms with Crippen LogP contribution in [0.5, 0.6) is 0 Å². The van der Waals surface area contributed by atoms with Crippen LogP contribution in [0.4, 0.5) is 0 Å². The van der Waals surface area contributed by atoms with E-state index in [0.717, 1.165) is 34.2 Å². The topological polar surface area (TPSA) is 51.3 Å². The Morgan fingerprint density at radius 2 is 1.70 bits per heavy atom. The second-order valence-electron chi connectivity index (χ2n) is 5.37. The number of aromatic amines is 1. The molecule has 0 radical (unpaired) electrons. The van der Waals surface area contributed by atoms with E-state index >= 15 is 0 Å².